The van der Waals surface area contributed by atoms with Crippen molar-refractivity contribution < 1.29 is 13.2 Å². The molecule has 6 heteroatoms. The van der Waals surface area contributed by atoms with Gasteiger partial charge in [-0.1, -0.05) is 6.42 Å². The predicted molar refractivity (Wildman–Crippen MR) is 54.4 cm³/mol. The molecule has 0 saturated carbocycles. The van der Waals surface area contributed by atoms with Crippen LogP contribution in [0.2, 0.25) is 0 Å². The zero-order valence-electron chi connectivity index (χ0n) is 8.59. The Bertz CT molecular complexity index is 371. The van der Waals surface area contributed by atoms with Crippen LogP contribution in [0.5, 0.6) is 0 Å². The van der Waals surface area contributed by atoms with E-state index in [1.165, 1.54) is 6.92 Å². The van der Waals surface area contributed by atoms with Crippen molar-refractivity contribution in [2.24, 2.45) is 0 Å². The molecule has 0 N–H and O–H groups in total. The minimum absolute atomic E-state index is 0.345. The predicted octanol–water partition coefficient (Wildman–Crippen LogP) is 0.282. The molecule has 1 saturated heterocycles. The number of piperidine rings is 1. The average molecular weight is 230 g/mol. The molecule has 1 aliphatic heterocycles. The molecule has 15 heavy (non-hydrogen) atoms. The van der Waals surface area contributed by atoms with Crippen molar-refractivity contribution in [3.05, 3.63) is 0 Å². The molecule has 84 valence electrons. The molecule has 0 aromatic carbocycles. The summed E-state index contributed by atoms with van der Waals surface area (Å²) in [6.45, 7) is 1.68. The van der Waals surface area contributed by atoms with Crippen LogP contribution in [-0.4, -0.2) is 36.8 Å². The van der Waals surface area contributed by atoms with Gasteiger partial charge in [0.1, 0.15) is 6.29 Å². The summed E-state index contributed by atoms with van der Waals surface area (Å²) < 4.78 is 24.8. The van der Waals surface area contributed by atoms with Gasteiger partial charge in [0.25, 0.3) is 0 Å². The number of hydrogen-bond donors (Lipinski definition) is 0. The summed E-state index contributed by atoms with van der Waals surface area (Å²) in [5, 5.41) is 7.53. The molecule has 1 rings (SSSR count). The van der Waals surface area contributed by atoms with Gasteiger partial charge < -0.3 is 4.79 Å². The number of rotatable bonds is 3. The first kappa shape index (κ1) is 12.1. The van der Waals surface area contributed by atoms with E-state index in [1.807, 2.05) is 0 Å². The normalized spacial score (nSPS) is 25.5. The Morgan fingerprint density at radius 2 is 2.20 bits per heavy atom. The van der Waals surface area contributed by atoms with Crippen LogP contribution in [0.1, 0.15) is 26.2 Å². The summed E-state index contributed by atoms with van der Waals surface area (Å²) in [4.78, 5) is 10.7. The Labute approximate surface area is 89.7 Å². The van der Waals surface area contributed by atoms with E-state index in [0.29, 0.717) is 19.3 Å². The highest BCUT2D eigenvalue weighted by Crippen LogP contribution is 2.21. The largest absolute Gasteiger partial charge is 0.302 e. The van der Waals surface area contributed by atoms with Gasteiger partial charge in [0.05, 0.1) is 12.1 Å². The Morgan fingerprint density at radius 1 is 1.53 bits per heavy atom. The zero-order chi connectivity index (χ0) is 11.5. The molecule has 0 aromatic rings. The number of nitriles is 1. The van der Waals surface area contributed by atoms with Gasteiger partial charge in [-0.15, -0.1) is 0 Å². The van der Waals surface area contributed by atoms with Gasteiger partial charge in [-0.2, -0.15) is 9.57 Å². The van der Waals surface area contributed by atoms with Gasteiger partial charge >= 0.3 is 0 Å². The first-order valence-corrected chi connectivity index (χ1v) is 6.40. The number of carbonyl (C=O) groups is 1. The van der Waals surface area contributed by atoms with Crippen LogP contribution in [0.15, 0.2) is 0 Å². The van der Waals surface area contributed by atoms with E-state index in [0.717, 1.165) is 17.1 Å². The molecule has 1 heterocycles. The number of carbonyl (C=O) groups excluding carboxylic acids is 1. The fraction of sp³-hybridized carbons (Fsp3) is 0.778. The van der Waals surface area contributed by atoms with Gasteiger partial charge in [-0.05, 0) is 19.8 Å². The van der Waals surface area contributed by atoms with Crippen molar-refractivity contribution in [1.82, 2.24) is 4.31 Å². The average Bonchev–Trinajstić information content (AvgIpc) is 2.27. The molecule has 2 unspecified atom stereocenters. The summed E-state index contributed by atoms with van der Waals surface area (Å²) in [5.41, 5.74) is 0. The van der Waals surface area contributed by atoms with Crippen LogP contribution >= 0.6 is 0 Å². The first-order valence-electron chi connectivity index (χ1n) is 4.89. The third kappa shape index (κ3) is 2.36. The summed E-state index contributed by atoms with van der Waals surface area (Å²) in [5.74, 6) is 0. The topological polar surface area (TPSA) is 78.2 Å². The van der Waals surface area contributed by atoms with E-state index in [2.05, 4.69) is 0 Å². The maximum absolute atomic E-state index is 11.8. The lowest BCUT2D eigenvalue weighted by Gasteiger charge is -2.31. The lowest BCUT2D eigenvalue weighted by molar-refractivity contribution is -0.111. The van der Waals surface area contributed by atoms with Crippen molar-refractivity contribution in [3.63, 3.8) is 0 Å². The second kappa shape index (κ2) is 4.73. The number of nitrogens with zero attached hydrogens (tertiary/aromatic N) is 2. The molecule has 5 nitrogen and oxygen atoms in total. The van der Waals surface area contributed by atoms with Crippen LogP contribution in [-0.2, 0) is 14.8 Å². The standard InChI is InChI=1S/C9H14N2O3S/c1-8(6-10)15(13,14)11-5-3-2-4-9(11)7-12/h7-9H,2-5H2,1H3. The van der Waals surface area contributed by atoms with Crippen molar-refractivity contribution >= 4 is 16.3 Å². The van der Waals surface area contributed by atoms with Crippen LogP contribution in [0.25, 0.3) is 0 Å². The van der Waals surface area contributed by atoms with Gasteiger partial charge in [0.2, 0.25) is 10.0 Å². The van der Waals surface area contributed by atoms with Gasteiger partial charge in [0, 0.05) is 6.54 Å². The highest BCUT2D eigenvalue weighted by Gasteiger charge is 2.35. The Balaban J connectivity index is 2.94. The monoisotopic (exact) mass is 230 g/mol. The maximum atomic E-state index is 11.8. The molecule has 2 atom stereocenters. The molecule has 0 aliphatic carbocycles. The SMILES string of the molecule is CC(C#N)S(=O)(=O)N1CCCCC1C=O. The summed E-state index contributed by atoms with van der Waals surface area (Å²) in [6.07, 6.45) is 2.82. The van der Waals surface area contributed by atoms with E-state index in [9.17, 15) is 13.2 Å². The van der Waals surface area contributed by atoms with E-state index in [-0.39, 0.29) is 0 Å². The molecule has 0 aromatic heterocycles. The Kier molecular flexibility index (Phi) is 3.83. The fourth-order valence-electron chi connectivity index (χ4n) is 1.65. The smallest absolute Gasteiger partial charge is 0.230 e. The second-order valence-corrected chi connectivity index (χ2v) is 5.83. The van der Waals surface area contributed by atoms with E-state index < -0.39 is 21.3 Å². The second-order valence-electron chi connectivity index (χ2n) is 3.63. The zero-order valence-corrected chi connectivity index (χ0v) is 9.40. The van der Waals surface area contributed by atoms with Crippen LogP contribution in [0, 0.1) is 11.3 Å². The maximum Gasteiger partial charge on any atom is 0.230 e. The third-order valence-corrected chi connectivity index (χ3v) is 4.72. The minimum atomic E-state index is -3.63. The molecule has 0 spiro atoms. The molecular formula is C9H14N2O3S. The van der Waals surface area contributed by atoms with E-state index >= 15 is 0 Å². The number of sulfonamides is 1. The van der Waals surface area contributed by atoms with Crippen molar-refractivity contribution in [2.75, 3.05) is 6.54 Å². The molecule has 0 bridgehead atoms. The first-order chi connectivity index (χ1) is 7.04. The quantitative estimate of drug-likeness (QED) is 0.652. The van der Waals surface area contributed by atoms with Crippen LogP contribution in [0.3, 0.4) is 0 Å². The lowest BCUT2D eigenvalue weighted by Crippen LogP contribution is -2.47. The molecule has 0 amide bonds. The minimum Gasteiger partial charge on any atom is -0.302 e. The highest BCUT2D eigenvalue weighted by molar-refractivity contribution is 7.90. The fourth-order valence-corrected chi connectivity index (χ4v) is 3.11. The number of hydrogen-bond acceptors (Lipinski definition) is 4. The molecule has 0 radical (unpaired) electrons. The number of aldehydes is 1. The van der Waals surface area contributed by atoms with Crippen LogP contribution in [0.4, 0.5) is 0 Å². The highest BCUT2D eigenvalue weighted by atomic mass is 32.2. The van der Waals surface area contributed by atoms with Gasteiger partial charge in [0.15, 0.2) is 5.25 Å². The van der Waals surface area contributed by atoms with Gasteiger partial charge in [-0.25, -0.2) is 8.42 Å². The van der Waals surface area contributed by atoms with Crippen molar-refractivity contribution in [1.29, 1.82) is 5.26 Å². The summed E-state index contributed by atoms with van der Waals surface area (Å²) in [6, 6.07) is 1.12. The van der Waals surface area contributed by atoms with Crippen molar-refractivity contribution in [3.8, 4) is 6.07 Å². The molecule has 1 aliphatic rings. The Morgan fingerprint density at radius 3 is 2.73 bits per heavy atom. The lowest BCUT2D eigenvalue weighted by atomic mass is 10.1. The van der Waals surface area contributed by atoms with Crippen molar-refractivity contribution in [2.45, 2.75) is 37.5 Å². The van der Waals surface area contributed by atoms with Crippen LogP contribution < -0.4 is 0 Å². The Hall–Kier alpha value is -0.930. The van der Waals surface area contributed by atoms with Gasteiger partial charge in [-0.3, -0.25) is 0 Å². The van der Waals surface area contributed by atoms with E-state index in [1.54, 1.807) is 6.07 Å². The molecule has 1 fully saturated rings. The summed E-state index contributed by atoms with van der Waals surface area (Å²) in [7, 11) is -3.63. The third-order valence-electron chi connectivity index (χ3n) is 2.61. The molecular weight excluding hydrogens is 216 g/mol. The van der Waals surface area contributed by atoms with E-state index in [4.69, 9.17) is 5.26 Å². The summed E-state index contributed by atoms with van der Waals surface area (Å²) >= 11 is 0.